The van der Waals surface area contributed by atoms with Crippen LogP contribution in [0.2, 0.25) is 0 Å². The molecule has 1 heterocycles. The van der Waals surface area contributed by atoms with Gasteiger partial charge >= 0.3 is 0 Å². The normalized spacial score (nSPS) is 12.4. The second-order valence-corrected chi connectivity index (χ2v) is 4.66. The quantitative estimate of drug-likeness (QED) is 0.896. The number of furan rings is 1. The summed E-state index contributed by atoms with van der Waals surface area (Å²) in [5.74, 6) is 0.600. The Labute approximate surface area is 113 Å². The van der Waals surface area contributed by atoms with Gasteiger partial charge in [-0.25, -0.2) is 4.39 Å². The molecule has 102 valence electrons. The maximum absolute atomic E-state index is 14.1. The number of hydrogen-bond donors (Lipinski definition) is 1. The highest BCUT2D eigenvalue weighted by molar-refractivity contribution is 5.49. The van der Waals surface area contributed by atoms with Crippen molar-refractivity contribution in [2.24, 2.45) is 0 Å². The molecular weight excluding hydrogens is 243 g/mol. The van der Waals surface area contributed by atoms with Crippen LogP contribution in [0.4, 0.5) is 10.1 Å². The number of anilines is 1. The smallest absolute Gasteiger partial charge is 0.146 e. The molecule has 0 radical (unpaired) electrons. The molecule has 0 spiro atoms. The van der Waals surface area contributed by atoms with Crippen molar-refractivity contribution < 1.29 is 8.81 Å². The number of nitrogens with one attached hydrogen (secondary N) is 1. The topological polar surface area (TPSA) is 28.4 Å². The van der Waals surface area contributed by atoms with Crippen LogP contribution in [-0.2, 0) is 6.54 Å². The molecule has 1 aromatic heterocycles. The minimum Gasteiger partial charge on any atom is -0.467 e. The Morgan fingerprint density at radius 3 is 2.74 bits per heavy atom. The van der Waals surface area contributed by atoms with Crippen LogP contribution in [0, 0.1) is 5.82 Å². The lowest BCUT2D eigenvalue weighted by molar-refractivity contribution is 0.505. The van der Waals surface area contributed by atoms with Crippen LogP contribution in [-0.4, -0.2) is 14.1 Å². The van der Waals surface area contributed by atoms with Crippen LogP contribution in [0.3, 0.4) is 0 Å². The van der Waals surface area contributed by atoms with Gasteiger partial charge in [0.1, 0.15) is 11.6 Å². The molecule has 0 saturated heterocycles. The fraction of sp³-hybridized carbons (Fsp3) is 0.333. The third kappa shape index (κ3) is 3.15. The standard InChI is InChI=1S/C15H19FN2O/c1-11(17-2)12-6-7-15(14(16)9-12)18(3)10-13-5-4-8-19-13/h4-9,11,17H,10H2,1-3H3. The summed E-state index contributed by atoms with van der Waals surface area (Å²) in [6.45, 7) is 2.55. The van der Waals surface area contributed by atoms with Crippen LogP contribution < -0.4 is 10.2 Å². The van der Waals surface area contributed by atoms with Crippen molar-refractivity contribution in [1.29, 1.82) is 0 Å². The molecular formula is C15H19FN2O. The van der Waals surface area contributed by atoms with Crippen LogP contribution in [0.1, 0.15) is 24.3 Å². The SMILES string of the molecule is CNC(C)c1ccc(N(C)Cc2ccco2)c(F)c1. The lowest BCUT2D eigenvalue weighted by Gasteiger charge is -2.20. The van der Waals surface area contributed by atoms with E-state index in [1.807, 2.05) is 44.1 Å². The molecule has 1 N–H and O–H groups in total. The summed E-state index contributed by atoms with van der Waals surface area (Å²) >= 11 is 0. The first kappa shape index (κ1) is 13.6. The van der Waals surface area contributed by atoms with Gasteiger partial charge < -0.3 is 14.6 Å². The molecule has 1 aromatic carbocycles. The molecule has 0 bridgehead atoms. The third-order valence-corrected chi connectivity index (χ3v) is 3.29. The fourth-order valence-electron chi connectivity index (χ4n) is 1.99. The van der Waals surface area contributed by atoms with Crippen molar-refractivity contribution in [1.82, 2.24) is 5.32 Å². The van der Waals surface area contributed by atoms with Crippen molar-refractivity contribution in [3.63, 3.8) is 0 Å². The van der Waals surface area contributed by atoms with E-state index in [9.17, 15) is 4.39 Å². The highest BCUT2D eigenvalue weighted by Crippen LogP contribution is 2.23. The van der Waals surface area contributed by atoms with E-state index in [1.54, 1.807) is 18.4 Å². The number of hydrogen-bond acceptors (Lipinski definition) is 3. The summed E-state index contributed by atoms with van der Waals surface area (Å²) in [4.78, 5) is 1.84. The number of rotatable bonds is 5. The second-order valence-electron chi connectivity index (χ2n) is 4.66. The van der Waals surface area contributed by atoms with Gasteiger partial charge in [0.2, 0.25) is 0 Å². The van der Waals surface area contributed by atoms with Crippen LogP contribution in [0.5, 0.6) is 0 Å². The third-order valence-electron chi connectivity index (χ3n) is 3.29. The van der Waals surface area contributed by atoms with Gasteiger partial charge in [0.15, 0.2) is 0 Å². The van der Waals surface area contributed by atoms with E-state index in [0.717, 1.165) is 11.3 Å². The van der Waals surface area contributed by atoms with Crippen molar-refractivity contribution in [3.8, 4) is 0 Å². The molecule has 1 atom stereocenters. The predicted molar refractivity (Wildman–Crippen MR) is 74.7 cm³/mol. The Bertz CT molecular complexity index is 525. The molecule has 0 saturated carbocycles. The van der Waals surface area contributed by atoms with Crippen molar-refractivity contribution in [3.05, 3.63) is 53.7 Å². The Morgan fingerprint density at radius 1 is 1.37 bits per heavy atom. The van der Waals surface area contributed by atoms with Crippen molar-refractivity contribution in [2.45, 2.75) is 19.5 Å². The molecule has 2 rings (SSSR count). The molecule has 0 aliphatic heterocycles. The van der Waals surface area contributed by atoms with Gasteiger partial charge in [-0.3, -0.25) is 0 Å². The number of halogens is 1. The highest BCUT2D eigenvalue weighted by atomic mass is 19.1. The Hall–Kier alpha value is -1.81. The summed E-state index contributed by atoms with van der Waals surface area (Å²) in [7, 11) is 3.71. The van der Waals surface area contributed by atoms with Gasteiger partial charge in [-0.2, -0.15) is 0 Å². The lowest BCUT2D eigenvalue weighted by atomic mass is 10.1. The first-order valence-corrected chi connectivity index (χ1v) is 6.32. The van der Waals surface area contributed by atoms with Gasteiger partial charge in [-0.1, -0.05) is 6.07 Å². The lowest BCUT2D eigenvalue weighted by Crippen LogP contribution is -2.18. The first-order chi connectivity index (χ1) is 9.11. The zero-order valence-corrected chi connectivity index (χ0v) is 11.5. The summed E-state index contributed by atoms with van der Waals surface area (Å²) in [5, 5.41) is 3.10. The molecule has 3 nitrogen and oxygen atoms in total. The Kier molecular flexibility index (Phi) is 4.22. The molecule has 0 amide bonds. The van der Waals surface area contributed by atoms with Crippen LogP contribution >= 0.6 is 0 Å². The highest BCUT2D eigenvalue weighted by Gasteiger charge is 2.12. The minimum absolute atomic E-state index is 0.138. The molecule has 19 heavy (non-hydrogen) atoms. The molecule has 1 unspecified atom stereocenters. The molecule has 0 aliphatic rings. The van der Waals surface area contributed by atoms with Gasteiger partial charge in [0.25, 0.3) is 0 Å². The number of benzene rings is 1. The zero-order chi connectivity index (χ0) is 13.8. The van der Waals surface area contributed by atoms with E-state index in [4.69, 9.17) is 4.42 Å². The molecule has 0 fully saturated rings. The summed E-state index contributed by atoms with van der Waals surface area (Å²) < 4.78 is 19.4. The number of nitrogens with zero attached hydrogens (tertiary/aromatic N) is 1. The summed E-state index contributed by atoms with van der Waals surface area (Å²) in [6, 6.07) is 9.18. The van der Waals surface area contributed by atoms with E-state index >= 15 is 0 Å². The van der Waals surface area contributed by atoms with Gasteiger partial charge in [-0.15, -0.1) is 0 Å². The van der Waals surface area contributed by atoms with E-state index < -0.39 is 0 Å². The Morgan fingerprint density at radius 2 is 2.16 bits per heavy atom. The van der Waals surface area contributed by atoms with Crippen LogP contribution in [0.25, 0.3) is 0 Å². The van der Waals surface area contributed by atoms with Gasteiger partial charge in [0.05, 0.1) is 18.5 Å². The predicted octanol–water partition coefficient (Wildman–Crippen LogP) is 3.34. The van der Waals surface area contributed by atoms with Crippen LogP contribution in [0.15, 0.2) is 41.0 Å². The fourth-order valence-corrected chi connectivity index (χ4v) is 1.99. The van der Waals surface area contributed by atoms with E-state index in [1.165, 1.54) is 0 Å². The zero-order valence-electron chi connectivity index (χ0n) is 11.5. The summed E-state index contributed by atoms with van der Waals surface area (Å²) in [6.07, 6.45) is 1.62. The van der Waals surface area contributed by atoms with E-state index in [0.29, 0.717) is 12.2 Å². The molecule has 4 heteroatoms. The largest absolute Gasteiger partial charge is 0.467 e. The summed E-state index contributed by atoms with van der Waals surface area (Å²) in [5.41, 5.74) is 1.51. The first-order valence-electron chi connectivity index (χ1n) is 6.32. The maximum Gasteiger partial charge on any atom is 0.146 e. The second kappa shape index (κ2) is 5.89. The van der Waals surface area contributed by atoms with E-state index in [2.05, 4.69) is 5.32 Å². The maximum atomic E-state index is 14.1. The van der Waals surface area contributed by atoms with Gasteiger partial charge in [-0.05, 0) is 43.8 Å². The van der Waals surface area contributed by atoms with E-state index in [-0.39, 0.29) is 11.9 Å². The molecule has 2 aromatic rings. The monoisotopic (exact) mass is 262 g/mol. The Balaban J connectivity index is 2.16. The van der Waals surface area contributed by atoms with Gasteiger partial charge in [0, 0.05) is 13.1 Å². The van der Waals surface area contributed by atoms with Crippen molar-refractivity contribution in [2.75, 3.05) is 19.0 Å². The molecule has 0 aliphatic carbocycles. The minimum atomic E-state index is -0.214. The average Bonchev–Trinajstić information content (AvgIpc) is 2.90. The van der Waals surface area contributed by atoms with Crippen molar-refractivity contribution >= 4 is 5.69 Å². The average molecular weight is 262 g/mol.